The molecular formula is C13H17NO3. The van der Waals surface area contributed by atoms with Gasteiger partial charge in [0.2, 0.25) is 0 Å². The van der Waals surface area contributed by atoms with Crippen LogP contribution in [0.1, 0.15) is 23.7 Å². The molecule has 1 heterocycles. The van der Waals surface area contributed by atoms with Crippen molar-refractivity contribution in [2.45, 2.75) is 19.4 Å². The monoisotopic (exact) mass is 235 g/mol. The Morgan fingerprint density at radius 3 is 2.76 bits per heavy atom. The number of carbonyl (C=O) groups is 1. The van der Waals surface area contributed by atoms with E-state index < -0.39 is 5.97 Å². The zero-order chi connectivity index (χ0) is 12.3. The molecule has 2 rings (SSSR count). The van der Waals surface area contributed by atoms with Gasteiger partial charge in [0, 0.05) is 12.2 Å². The lowest BCUT2D eigenvalue weighted by atomic mass is 10.1. The molecule has 1 saturated heterocycles. The molecule has 1 unspecified atom stereocenters. The summed E-state index contributed by atoms with van der Waals surface area (Å²) in [6.45, 7) is 4.48. The first-order valence-electron chi connectivity index (χ1n) is 5.90. The number of rotatable bonds is 3. The van der Waals surface area contributed by atoms with Crippen LogP contribution < -0.4 is 4.90 Å². The predicted octanol–water partition coefficient (Wildman–Crippen LogP) is 2.00. The lowest BCUT2D eigenvalue weighted by Gasteiger charge is -2.37. The van der Waals surface area contributed by atoms with Crippen LogP contribution in [0.2, 0.25) is 0 Å². The van der Waals surface area contributed by atoms with E-state index in [-0.39, 0.29) is 0 Å². The summed E-state index contributed by atoms with van der Waals surface area (Å²) in [6.07, 6.45) is 1.03. The molecule has 1 aliphatic rings. The van der Waals surface area contributed by atoms with Gasteiger partial charge in [0.05, 0.1) is 24.8 Å². The van der Waals surface area contributed by atoms with E-state index in [1.165, 1.54) is 0 Å². The minimum absolute atomic E-state index is 0.329. The Labute approximate surface area is 101 Å². The molecule has 0 aliphatic carbocycles. The van der Waals surface area contributed by atoms with Crippen LogP contribution in [0.5, 0.6) is 0 Å². The van der Waals surface area contributed by atoms with Gasteiger partial charge in [0.15, 0.2) is 0 Å². The normalized spacial score (nSPS) is 20.3. The number of benzene rings is 1. The highest BCUT2D eigenvalue weighted by molar-refractivity contribution is 5.88. The summed E-state index contributed by atoms with van der Waals surface area (Å²) in [4.78, 5) is 13.1. The molecule has 0 bridgehead atoms. The third kappa shape index (κ3) is 2.58. The van der Waals surface area contributed by atoms with E-state index >= 15 is 0 Å². The Balaban J connectivity index is 2.17. The van der Waals surface area contributed by atoms with Crippen molar-refractivity contribution in [3.05, 3.63) is 29.8 Å². The Hall–Kier alpha value is -1.55. The molecule has 0 amide bonds. The van der Waals surface area contributed by atoms with Crippen LogP contribution in [0, 0.1) is 0 Å². The van der Waals surface area contributed by atoms with E-state index in [9.17, 15) is 4.79 Å². The van der Waals surface area contributed by atoms with Crippen LogP contribution in [0.4, 0.5) is 5.69 Å². The fourth-order valence-corrected chi connectivity index (χ4v) is 2.13. The smallest absolute Gasteiger partial charge is 0.335 e. The van der Waals surface area contributed by atoms with Crippen molar-refractivity contribution in [3.8, 4) is 0 Å². The maximum atomic E-state index is 10.8. The van der Waals surface area contributed by atoms with Crippen LogP contribution in [0.3, 0.4) is 0 Å². The predicted molar refractivity (Wildman–Crippen MR) is 65.6 cm³/mol. The maximum Gasteiger partial charge on any atom is 0.335 e. The summed E-state index contributed by atoms with van der Waals surface area (Å²) in [6, 6.07) is 7.44. The molecule has 1 aromatic rings. The Morgan fingerprint density at radius 2 is 2.18 bits per heavy atom. The van der Waals surface area contributed by atoms with E-state index in [4.69, 9.17) is 9.84 Å². The highest BCUT2D eigenvalue weighted by Crippen LogP contribution is 2.21. The van der Waals surface area contributed by atoms with Crippen LogP contribution in [-0.2, 0) is 4.74 Å². The largest absolute Gasteiger partial charge is 0.478 e. The first kappa shape index (κ1) is 11.9. The van der Waals surface area contributed by atoms with Crippen molar-refractivity contribution in [3.63, 3.8) is 0 Å². The second-order valence-corrected chi connectivity index (χ2v) is 4.18. The molecule has 0 saturated carbocycles. The Kier molecular flexibility index (Phi) is 3.64. The molecule has 92 valence electrons. The highest BCUT2D eigenvalue weighted by Gasteiger charge is 2.21. The number of hydrogen-bond acceptors (Lipinski definition) is 3. The fraction of sp³-hybridized carbons (Fsp3) is 0.462. The minimum Gasteiger partial charge on any atom is -0.478 e. The second kappa shape index (κ2) is 5.19. The van der Waals surface area contributed by atoms with Gasteiger partial charge in [0.25, 0.3) is 0 Å². The number of carboxylic acids is 1. The third-order valence-electron chi connectivity index (χ3n) is 3.14. The van der Waals surface area contributed by atoms with Gasteiger partial charge in [0.1, 0.15) is 0 Å². The first-order valence-corrected chi connectivity index (χ1v) is 5.90. The van der Waals surface area contributed by atoms with Crippen molar-refractivity contribution >= 4 is 11.7 Å². The molecule has 1 aromatic carbocycles. The number of aromatic carboxylic acids is 1. The highest BCUT2D eigenvalue weighted by atomic mass is 16.5. The summed E-state index contributed by atoms with van der Waals surface area (Å²) in [5.41, 5.74) is 1.40. The van der Waals surface area contributed by atoms with Gasteiger partial charge in [-0.15, -0.1) is 0 Å². The number of ether oxygens (including phenoxy) is 1. The van der Waals surface area contributed by atoms with Gasteiger partial charge in [-0.25, -0.2) is 4.79 Å². The van der Waals surface area contributed by atoms with Crippen molar-refractivity contribution < 1.29 is 14.6 Å². The lowest BCUT2D eigenvalue weighted by molar-refractivity contribution is 0.0697. The van der Waals surface area contributed by atoms with Gasteiger partial charge in [-0.2, -0.15) is 0 Å². The van der Waals surface area contributed by atoms with Crippen molar-refractivity contribution in [1.82, 2.24) is 0 Å². The van der Waals surface area contributed by atoms with Gasteiger partial charge in [-0.3, -0.25) is 0 Å². The topological polar surface area (TPSA) is 49.8 Å². The first-order chi connectivity index (χ1) is 8.22. The SMILES string of the molecule is CCC1COCCN1c1ccc(C(=O)O)cc1. The second-order valence-electron chi connectivity index (χ2n) is 4.18. The van der Waals surface area contributed by atoms with E-state index in [1.807, 2.05) is 12.1 Å². The van der Waals surface area contributed by atoms with Crippen LogP contribution in [0.15, 0.2) is 24.3 Å². The number of anilines is 1. The van der Waals surface area contributed by atoms with E-state index in [0.717, 1.165) is 31.9 Å². The molecule has 4 heteroatoms. The molecule has 1 N–H and O–H groups in total. The number of morpholine rings is 1. The zero-order valence-corrected chi connectivity index (χ0v) is 9.93. The minimum atomic E-state index is -0.884. The van der Waals surface area contributed by atoms with E-state index in [0.29, 0.717) is 11.6 Å². The Bertz CT molecular complexity index is 388. The van der Waals surface area contributed by atoms with Crippen molar-refractivity contribution in [1.29, 1.82) is 0 Å². The van der Waals surface area contributed by atoms with Gasteiger partial charge in [-0.05, 0) is 30.7 Å². The lowest BCUT2D eigenvalue weighted by Crippen LogP contribution is -2.45. The molecule has 0 aromatic heterocycles. The zero-order valence-electron chi connectivity index (χ0n) is 9.93. The van der Waals surface area contributed by atoms with Crippen molar-refractivity contribution in [2.75, 3.05) is 24.7 Å². The van der Waals surface area contributed by atoms with Gasteiger partial charge in [-0.1, -0.05) is 6.92 Å². The van der Waals surface area contributed by atoms with E-state index in [2.05, 4.69) is 11.8 Å². The third-order valence-corrected chi connectivity index (χ3v) is 3.14. The molecule has 1 atom stereocenters. The molecule has 0 spiro atoms. The van der Waals surface area contributed by atoms with E-state index in [1.54, 1.807) is 12.1 Å². The quantitative estimate of drug-likeness (QED) is 0.870. The molecule has 17 heavy (non-hydrogen) atoms. The summed E-state index contributed by atoms with van der Waals surface area (Å²) in [5, 5.41) is 8.85. The molecule has 1 aliphatic heterocycles. The molecule has 1 fully saturated rings. The molecular weight excluding hydrogens is 218 g/mol. The van der Waals surface area contributed by atoms with Crippen LogP contribution >= 0.6 is 0 Å². The van der Waals surface area contributed by atoms with Crippen LogP contribution in [-0.4, -0.2) is 36.9 Å². The van der Waals surface area contributed by atoms with Crippen molar-refractivity contribution in [2.24, 2.45) is 0 Å². The average Bonchev–Trinajstić information content (AvgIpc) is 2.39. The standard InChI is InChI=1S/C13H17NO3/c1-2-11-9-17-8-7-14(11)12-5-3-10(4-6-12)13(15)16/h3-6,11H,2,7-9H2,1H3,(H,15,16). The molecule has 4 nitrogen and oxygen atoms in total. The van der Waals surface area contributed by atoms with Crippen LogP contribution in [0.25, 0.3) is 0 Å². The van der Waals surface area contributed by atoms with Gasteiger partial charge < -0.3 is 14.7 Å². The number of carboxylic acid groups (broad SMARTS) is 1. The number of hydrogen-bond donors (Lipinski definition) is 1. The number of nitrogens with zero attached hydrogens (tertiary/aromatic N) is 1. The summed E-state index contributed by atoms with van der Waals surface area (Å²) < 4.78 is 5.45. The maximum absolute atomic E-state index is 10.8. The van der Waals surface area contributed by atoms with Gasteiger partial charge >= 0.3 is 5.97 Å². The molecule has 0 radical (unpaired) electrons. The Morgan fingerprint density at radius 1 is 1.47 bits per heavy atom. The summed E-state index contributed by atoms with van der Waals surface area (Å²) in [7, 11) is 0. The fourth-order valence-electron chi connectivity index (χ4n) is 2.13. The summed E-state index contributed by atoms with van der Waals surface area (Å²) in [5.74, 6) is -0.884. The average molecular weight is 235 g/mol. The summed E-state index contributed by atoms with van der Waals surface area (Å²) >= 11 is 0.